The number of fused-ring (bicyclic) bond motifs is 3. The van der Waals surface area contributed by atoms with E-state index in [1.54, 1.807) is 12.1 Å². The first kappa shape index (κ1) is 15.1. The standard InChI is InChI=1S/C21H16N2O2/c1-12-2-4-14(5-3-12)19-17(11-22)21(23)25-18-9-7-13-6-8-15(24)10-16(13)20(18)19/h2-10,19,24H,23H2,1H3/t19-/m0/s1. The largest absolute Gasteiger partial charge is 0.508 e. The van der Waals surface area contributed by atoms with E-state index in [1.165, 1.54) is 0 Å². The van der Waals surface area contributed by atoms with Crippen LogP contribution in [0.2, 0.25) is 0 Å². The fraction of sp³-hybridized carbons (Fsp3) is 0.0952. The van der Waals surface area contributed by atoms with Crippen molar-refractivity contribution >= 4 is 10.8 Å². The van der Waals surface area contributed by atoms with Gasteiger partial charge in [-0.05, 0) is 41.5 Å². The monoisotopic (exact) mass is 328 g/mol. The van der Waals surface area contributed by atoms with E-state index < -0.39 is 0 Å². The fourth-order valence-electron chi connectivity index (χ4n) is 3.37. The molecule has 0 aromatic heterocycles. The molecule has 122 valence electrons. The van der Waals surface area contributed by atoms with Crippen LogP contribution in [0, 0.1) is 18.3 Å². The summed E-state index contributed by atoms with van der Waals surface area (Å²) in [7, 11) is 0. The van der Waals surface area contributed by atoms with E-state index in [9.17, 15) is 10.4 Å². The zero-order valence-corrected chi connectivity index (χ0v) is 13.7. The highest BCUT2D eigenvalue weighted by molar-refractivity contribution is 5.91. The van der Waals surface area contributed by atoms with Crippen molar-refractivity contribution in [2.75, 3.05) is 0 Å². The number of phenolic OH excluding ortho intramolecular Hbond substituents is 1. The molecule has 3 aromatic rings. The number of hydrogen-bond donors (Lipinski definition) is 2. The van der Waals surface area contributed by atoms with Gasteiger partial charge in [0.05, 0.1) is 5.92 Å². The van der Waals surface area contributed by atoms with Crippen LogP contribution in [0.4, 0.5) is 0 Å². The molecule has 0 radical (unpaired) electrons. The lowest BCUT2D eigenvalue weighted by molar-refractivity contribution is 0.395. The van der Waals surface area contributed by atoms with Gasteiger partial charge in [0.15, 0.2) is 0 Å². The molecule has 0 amide bonds. The number of hydrogen-bond acceptors (Lipinski definition) is 4. The van der Waals surface area contributed by atoms with Crippen LogP contribution in [0.15, 0.2) is 66.1 Å². The first-order chi connectivity index (χ1) is 12.1. The number of phenols is 1. The van der Waals surface area contributed by atoms with E-state index >= 15 is 0 Å². The molecule has 0 bridgehead atoms. The number of rotatable bonds is 1. The minimum atomic E-state index is -0.333. The molecule has 25 heavy (non-hydrogen) atoms. The second-order valence-electron chi connectivity index (χ2n) is 6.22. The number of ether oxygens (including phenoxy) is 1. The summed E-state index contributed by atoms with van der Waals surface area (Å²) in [6.07, 6.45) is 0. The van der Waals surface area contributed by atoms with Crippen LogP contribution in [0.1, 0.15) is 22.6 Å². The molecule has 1 atom stereocenters. The smallest absolute Gasteiger partial charge is 0.205 e. The first-order valence-electron chi connectivity index (χ1n) is 7.98. The third-order valence-electron chi connectivity index (χ3n) is 4.60. The summed E-state index contributed by atoms with van der Waals surface area (Å²) < 4.78 is 5.71. The van der Waals surface area contributed by atoms with E-state index in [-0.39, 0.29) is 17.6 Å². The highest BCUT2D eigenvalue weighted by atomic mass is 16.5. The first-order valence-corrected chi connectivity index (χ1v) is 7.98. The lowest BCUT2D eigenvalue weighted by Crippen LogP contribution is -2.21. The quantitative estimate of drug-likeness (QED) is 0.705. The average molecular weight is 328 g/mol. The summed E-state index contributed by atoms with van der Waals surface area (Å²) in [5.74, 6) is 0.574. The molecule has 3 N–H and O–H groups in total. The molecule has 1 heterocycles. The van der Waals surface area contributed by atoms with Gasteiger partial charge in [-0.15, -0.1) is 0 Å². The summed E-state index contributed by atoms with van der Waals surface area (Å²) in [5.41, 5.74) is 9.36. The molecule has 4 nitrogen and oxygen atoms in total. The minimum Gasteiger partial charge on any atom is -0.508 e. The maximum atomic E-state index is 9.96. The summed E-state index contributed by atoms with van der Waals surface area (Å²) in [6.45, 7) is 2.02. The molecule has 1 aliphatic rings. The fourth-order valence-corrected chi connectivity index (χ4v) is 3.37. The number of benzene rings is 3. The van der Waals surface area contributed by atoms with Crippen molar-refractivity contribution in [3.8, 4) is 17.6 Å². The molecule has 0 spiro atoms. The second-order valence-corrected chi connectivity index (χ2v) is 6.22. The number of aromatic hydroxyl groups is 1. The normalized spacial score (nSPS) is 16.2. The van der Waals surface area contributed by atoms with Gasteiger partial charge >= 0.3 is 0 Å². The zero-order valence-electron chi connectivity index (χ0n) is 13.7. The van der Waals surface area contributed by atoms with E-state index in [1.807, 2.05) is 49.4 Å². The molecule has 0 saturated heterocycles. The number of aryl methyl sites for hydroxylation is 1. The lowest BCUT2D eigenvalue weighted by atomic mass is 9.81. The lowest BCUT2D eigenvalue weighted by Gasteiger charge is -2.28. The van der Waals surface area contributed by atoms with Gasteiger partial charge in [0.25, 0.3) is 0 Å². The van der Waals surface area contributed by atoms with Crippen molar-refractivity contribution in [3.63, 3.8) is 0 Å². The van der Waals surface area contributed by atoms with Gasteiger partial charge in [0, 0.05) is 5.56 Å². The molecule has 0 unspecified atom stereocenters. The van der Waals surface area contributed by atoms with Crippen LogP contribution in [0.25, 0.3) is 10.8 Å². The molecule has 0 aliphatic carbocycles. The summed E-state index contributed by atoms with van der Waals surface area (Å²) in [5, 5.41) is 21.5. The molecule has 4 heteroatoms. The second kappa shape index (κ2) is 5.57. The van der Waals surface area contributed by atoms with Crippen LogP contribution in [-0.4, -0.2) is 5.11 Å². The van der Waals surface area contributed by atoms with Gasteiger partial charge in [-0.25, -0.2) is 0 Å². The van der Waals surface area contributed by atoms with Gasteiger partial charge in [-0.3, -0.25) is 0 Å². The Balaban J connectivity index is 2.06. The predicted octanol–water partition coefficient (Wildman–Crippen LogP) is 4.07. The van der Waals surface area contributed by atoms with Gasteiger partial charge < -0.3 is 15.6 Å². The van der Waals surface area contributed by atoms with Crippen LogP contribution in [-0.2, 0) is 0 Å². The molecule has 1 aliphatic heterocycles. The van der Waals surface area contributed by atoms with Crippen molar-refractivity contribution in [1.29, 1.82) is 5.26 Å². The Hall–Kier alpha value is -3.45. The van der Waals surface area contributed by atoms with Crippen LogP contribution < -0.4 is 10.5 Å². The highest BCUT2D eigenvalue weighted by Crippen LogP contribution is 2.46. The molecule has 4 rings (SSSR count). The Morgan fingerprint density at radius 3 is 2.52 bits per heavy atom. The summed E-state index contributed by atoms with van der Waals surface area (Å²) in [4.78, 5) is 0. The van der Waals surface area contributed by atoms with Crippen molar-refractivity contribution in [3.05, 3.63) is 82.7 Å². The van der Waals surface area contributed by atoms with Crippen molar-refractivity contribution in [2.24, 2.45) is 5.73 Å². The van der Waals surface area contributed by atoms with Crippen LogP contribution >= 0.6 is 0 Å². The molecule has 0 fully saturated rings. The maximum Gasteiger partial charge on any atom is 0.205 e. The summed E-state index contributed by atoms with van der Waals surface area (Å²) in [6, 6.07) is 19.2. The van der Waals surface area contributed by atoms with E-state index in [0.29, 0.717) is 11.3 Å². The average Bonchev–Trinajstić information content (AvgIpc) is 2.61. The SMILES string of the molecule is Cc1ccc([C@H]2C(C#N)=C(N)Oc3ccc4ccc(O)cc4c32)cc1. The van der Waals surface area contributed by atoms with Crippen molar-refractivity contribution in [1.82, 2.24) is 0 Å². The number of allylic oxidation sites excluding steroid dienone is 1. The Morgan fingerprint density at radius 1 is 1.08 bits per heavy atom. The number of nitriles is 1. The van der Waals surface area contributed by atoms with Crippen molar-refractivity contribution < 1.29 is 9.84 Å². The third kappa shape index (κ3) is 2.38. The Bertz CT molecular complexity index is 1060. The van der Waals surface area contributed by atoms with E-state index in [4.69, 9.17) is 10.5 Å². The molecular weight excluding hydrogens is 312 g/mol. The molecule has 3 aromatic carbocycles. The third-order valence-corrected chi connectivity index (χ3v) is 4.60. The van der Waals surface area contributed by atoms with E-state index in [2.05, 4.69) is 6.07 Å². The van der Waals surface area contributed by atoms with E-state index in [0.717, 1.165) is 27.5 Å². The van der Waals surface area contributed by atoms with Crippen LogP contribution in [0.3, 0.4) is 0 Å². The number of nitrogens with two attached hydrogens (primary N) is 1. The Kier molecular flexibility index (Phi) is 3.36. The maximum absolute atomic E-state index is 9.96. The van der Waals surface area contributed by atoms with Gasteiger partial charge in [0.1, 0.15) is 23.1 Å². The number of nitrogens with zero attached hydrogens (tertiary/aromatic N) is 1. The summed E-state index contributed by atoms with van der Waals surface area (Å²) >= 11 is 0. The van der Waals surface area contributed by atoms with Crippen molar-refractivity contribution in [2.45, 2.75) is 12.8 Å². The topological polar surface area (TPSA) is 79.3 Å². The minimum absolute atomic E-state index is 0.125. The van der Waals surface area contributed by atoms with Gasteiger partial charge in [-0.1, -0.05) is 42.0 Å². The molecular formula is C21H16N2O2. The Morgan fingerprint density at radius 2 is 1.80 bits per heavy atom. The highest BCUT2D eigenvalue weighted by Gasteiger charge is 2.32. The molecule has 0 saturated carbocycles. The van der Waals surface area contributed by atoms with Crippen LogP contribution in [0.5, 0.6) is 11.5 Å². The Labute approximate surface area is 145 Å². The van der Waals surface area contributed by atoms with Gasteiger partial charge in [0.2, 0.25) is 5.88 Å². The zero-order chi connectivity index (χ0) is 17.6. The predicted molar refractivity (Wildman–Crippen MR) is 96.1 cm³/mol. The van der Waals surface area contributed by atoms with Gasteiger partial charge in [-0.2, -0.15) is 5.26 Å².